The van der Waals surface area contributed by atoms with Crippen molar-refractivity contribution in [2.45, 2.75) is 6.54 Å². The fraction of sp³-hybridized carbons (Fsp3) is 0.0909. The predicted molar refractivity (Wildman–Crippen MR) is 75.7 cm³/mol. The van der Waals surface area contributed by atoms with E-state index < -0.39 is 0 Å². The van der Waals surface area contributed by atoms with Gasteiger partial charge in [-0.05, 0) is 0 Å². The molecule has 1 aliphatic heterocycles. The maximum atomic E-state index is 4.45. The van der Waals surface area contributed by atoms with Crippen LogP contribution >= 0.6 is 27.3 Å². The molecule has 17 heavy (non-hydrogen) atoms. The second-order valence-corrected chi connectivity index (χ2v) is 6.45. The van der Waals surface area contributed by atoms with Gasteiger partial charge in [0.1, 0.15) is 0 Å². The number of anilines is 1. The molecule has 0 atom stereocenters. The number of benzene rings is 1. The summed E-state index contributed by atoms with van der Waals surface area (Å²) in [5, 5.41) is 5.51. The molecule has 1 aromatic carbocycles. The quantitative estimate of drug-likeness (QED) is 0.676. The summed E-state index contributed by atoms with van der Waals surface area (Å²) in [6.07, 6.45) is 0. The standard InChI is InChI=1S/C11H8BrN3SSe/c12-7-4-5-16-10(7)6-13-8-2-1-3-9-11(8)15-17-14-9/h1-5,13H,6H2. The van der Waals surface area contributed by atoms with E-state index in [9.17, 15) is 0 Å². The molecule has 0 aliphatic carbocycles. The van der Waals surface area contributed by atoms with E-state index in [2.05, 4.69) is 46.7 Å². The van der Waals surface area contributed by atoms with Crippen LogP contribution in [-0.2, 0) is 6.54 Å². The van der Waals surface area contributed by atoms with Gasteiger partial charge in [0.2, 0.25) is 0 Å². The zero-order valence-corrected chi connectivity index (χ0v) is 12.8. The van der Waals surface area contributed by atoms with E-state index in [1.54, 1.807) is 11.3 Å². The van der Waals surface area contributed by atoms with Crippen LogP contribution in [0.25, 0.3) is 0 Å². The molecule has 0 fully saturated rings. The molecule has 1 aliphatic rings. The van der Waals surface area contributed by atoms with E-state index in [1.807, 2.05) is 12.1 Å². The van der Waals surface area contributed by atoms with Crippen molar-refractivity contribution in [2.24, 2.45) is 7.92 Å². The van der Waals surface area contributed by atoms with Crippen molar-refractivity contribution in [3.05, 3.63) is 39.0 Å². The van der Waals surface area contributed by atoms with E-state index in [0.29, 0.717) is 0 Å². The number of halogens is 1. The van der Waals surface area contributed by atoms with E-state index >= 15 is 0 Å². The van der Waals surface area contributed by atoms with Gasteiger partial charge in [-0.15, -0.1) is 0 Å². The van der Waals surface area contributed by atoms with E-state index in [-0.39, 0.29) is 14.6 Å². The van der Waals surface area contributed by atoms with Crippen LogP contribution in [-0.4, -0.2) is 14.6 Å². The average Bonchev–Trinajstić information content (AvgIpc) is 2.95. The van der Waals surface area contributed by atoms with Crippen LogP contribution in [0.4, 0.5) is 17.1 Å². The first-order valence-electron chi connectivity index (χ1n) is 5.01. The van der Waals surface area contributed by atoms with Gasteiger partial charge in [0.25, 0.3) is 0 Å². The number of hydrogen-bond donors (Lipinski definition) is 1. The molecule has 3 rings (SSSR count). The van der Waals surface area contributed by atoms with E-state index in [4.69, 9.17) is 0 Å². The summed E-state index contributed by atoms with van der Waals surface area (Å²) in [4.78, 5) is 1.29. The summed E-state index contributed by atoms with van der Waals surface area (Å²) in [5.41, 5.74) is 3.10. The first kappa shape index (κ1) is 11.4. The molecule has 0 amide bonds. The number of rotatable bonds is 3. The molecule has 86 valence electrons. The topological polar surface area (TPSA) is 36.8 Å². The summed E-state index contributed by atoms with van der Waals surface area (Å²) in [6, 6.07) is 8.16. The van der Waals surface area contributed by atoms with Crippen molar-refractivity contribution >= 4 is 58.9 Å². The molecule has 2 heterocycles. The zero-order valence-electron chi connectivity index (χ0n) is 8.68. The van der Waals surface area contributed by atoms with Gasteiger partial charge in [0.05, 0.1) is 0 Å². The van der Waals surface area contributed by atoms with Gasteiger partial charge >= 0.3 is 118 Å². The van der Waals surface area contributed by atoms with Crippen LogP contribution in [0.15, 0.2) is 42.0 Å². The minimum atomic E-state index is 0.0314. The Morgan fingerprint density at radius 3 is 3.06 bits per heavy atom. The number of fused-ring (bicyclic) bond motifs is 1. The molecule has 0 saturated carbocycles. The van der Waals surface area contributed by atoms with Crippen molar-refractivity contribution in [2.75, 3.05) is 5.32 Å². The van der Waals surface area contributed by atoms with Crippen LogP contribution in [0.3, 0.4) is 0 Å². The molecule has 1 aromatic heterocycles. The Labute approximate surface area is 117 Å². The van der Waals surface area contributed by atoms with Crippen molar-refractivity contribution in [1.29, 1.82) is 0 Å². The molecule has 3 nitrogen and oxygen atoms in total. The van der Waals surface area contributed by atoms with Gasteiger partial charge in [0, 0.05) is 0 Å². The van der Waals surface area contributed by atoms with Gasteiger partial charge in [0.15, 0.2) is 0 Å². The summed E-state index contributed by atoms with van der Waals surface area (Å²) < 4.78 is 9.98. The molecule has 0 spiro atoms. The summed E-state index contributed by atoms with van der Waals surface area (Å²) >= 11 is 5.31. The minimum absolute atomic E-state index is 0.0314. The third-order valence-corrected chi connectivity index (χ3v) is 5.48. The predicted octanol–water partition coefficient (Wildman–Crippen LogP) is 4.47. The van der Waals surface area contributed by atoms with Crippen molar-refractivity contribution in [1.82, 2.24) is 0 Å². The normalized spacial score (nSPS) is 12.3. The summed E-state index contributed by atoms with van der Waals surface area (Å²) in [5.74, 6) is 0. The molecule has 0 saturated heterocycles. The third-order valence-electron chi connectivity index (χ3n) is 2.42. The van der Waals surface area contributed by atoms with Gasteiger partial charge in [-0.2, -0.15) is 0 Å². The molecule has 6 heteroatoms. The maximum absolute atomic E-state index is 4.45. The van der Waals surface area contributed by atoms with Gasteiger partial charge in [-0.3, -0.25) is 0 Å². The van der Waals surface area contributed by atoms with Gasteiger partial charge < -0.3 is 0 Å². The van der Waals surface area contributed by atoms with Crippen LogP contribution in [0.2, 0.25) is 0 Å². The number of hydrogen-bond acceptors (Lipinski definition) is 4. The molecular weight excluding hydrogens is 365 g/mol. The average molecular weight is 373 g/mol. The third kappa shape index (κ3) is 2.31. The first-order valence-corrected chi connectivity index (χ1v) is 8.22. The Balaban J connectivity index is 1.81. The zero-order chi connectivity index (χ0) is 11.7. The Morgan fingerprint density at radius 2 is 2.24 bits per heavy atom. The monoisotopic (exact) mass is 373 g/mol. The Hall–Kier alpha value is -0.681. The molecule has 1 N–H and O–H groups in total. The van der Waals surface area contributed by atoms with E-state index in [0.717, 1.165) is 28.1 Å². The molecule has 0 unspecified atom stereocenters. The number of thiophene rings is 1. The number of nitrogens with zero attached hydrogens (tertiary/aromatic N) is 2. The van der Waals surface area contributed by atoms with Gasteiger partial charge in [-0.1, -0.05) is 0 Å². The molecule has 0 radical (unpaired) electrons. The summed E-state index contributed by atoms with van der Waals surface area (Å²) in [7, 11) is 0. The van der Waals surface area contributed by atoms with Crippen molar-refractivity contribution in [3.63, 3.8) is 0 Å². The fourth-order valence-corrected chi connectivity index (χ4v) is 4.16. The van der Waals surface area contributed by atoms with Gasteiger partial charge in [-0.25, -0.2) is 0 Å². The van der Waals surface area contributed by atoms with Crippen molar-refractivity contribution < 1.29 is 0 Å². The van der Waals surface area contributed by atoms with Crippen LogP contribution in [0, 0.1) is 0 Å². The van der Waals surface area contributed by atoms with Crippen LogP contribution < -0.4 is 5.32 Å². The fourth-order valence-electron chi connectivity index (χ4n) is 1.58. The number of nitrogens with one attached hydrogen (secondary N) is 1. The Kier molecular flexibility index (Phi) is 3.29. The second-order valence-electron chi connectivity index (χ2n) is 3.48. The second kappa shape index (κ2) is 4.90. The Morgan fingerprint density at radius 1 is 1.29 bits per heavy atom. The molecule has 0 bridgehead atoms. The SMILES string of the molecule is Brc1ccsc1CNc1cccc2c1N=[Se]=N2. The van der Waals surface area contributed by atoms with Crippen LogP contribution in [0.5, 0.6) is 0 Å². The Bertz CT molecular complexity index is 631. The first-order chi connectivity index (χ1) is 8.34. The summed E-state index contributed by atoms with van der Waals surface area (Å²) in [6.45, 7) is 0.817. The molecular formula is C11H8BrN3SSe. The van der Waals surface area contributed by atoms with Crippen LogP contribution in [0.1, 0.15) is 4.88 Å². The molecule has 2 aromatic rings. The van der Waals surface area contributed by atoms with Crippen molar-refractivity contribution in [3.8, 4) is 0 Å². The van der Waals surface area contributed by atoms with E-state index in [1.165, 1.54) is 4.88 Å².